The van der Waals surface area contributed by atoms with Crippen molar-refractivity contribution in [2.75, 3.05) is 13.1 Å². The maximum Gasteiger partial charge on any atom is 0.255 e. The van der Waals surface area contributed by atoms with E-state index < -0.39 is 0 Å². The lowest BCUT2D eigenvalue weighted by molar-refractivity contribution is -0.129. The molecule has 0 spiro atoms. The third kappa shape index (κ3) is 3.49. The molecule has 2 fully saturated rings. The fourth-order valence-electron chi connectivity index (χ4n) is 3.68. The van der Waals surface area contributed by atoms with E-state index >= 15 is 0 Å². The van der Waals surface area contributed by atoms with E-state index in [0.29, 0.717) is 24.6 Å². The van der Waals surface area contributed by atoms with Crippen LogP contribution in [-0.4, -0.2) is 41.0 Å². The van der Waals surface area contributed by atoms with Gasteiger partial charge < -0.3 is 15.3 Å². The topological polar surface area (TPSA) is 69.6 Å². The Bertz CT molecular complexity index is 608. The molecule has 5 heteroatoms. The van der Waals surface area contributed by atoms with Crippen LogP contribution in [0.25, 0.3) is 0 Å². The molecule has 23 heavy (non-hydrogen) atoms. The van der Waals surface area contributed by atoms with Gasteiger partial charge >= 0.3 is 0 Å². The van der Waals surface area contributed by atoms with Gasteiger partial charge in [-0.15, -0.1) is 0 Å². The monoisotopic (exact) mass is 316 g/mol. The molecule has 2 amide bonds. The van der Waals surface area contributed by atoms with E-state index in [1.54, 1.807) is 12.1 Å². The first-order chi connectivity index (χ1) is 11.0. The van der Waals surface area contributed by atoms with Gasteiger partial charge in [-0.2, -0.15) is 0 Å². The zero-order valence-corrected chi connectivity index (χ0v) is 13.5. The first-order valence-electron chi connectivity index (χ1n) is 8.42. The highest BCUT2D eigenvalue weighted by atomic mass is 16.3. The SMILES string of the molecule is Cc1ccc(O)c(C(=O)NC[C@@H]2CC(=O)N(C3CCCC3)C2)c1. The number of nitrogens with zero attached hydrogens (tertiary/aromatic N) is 1. The largest absolute Gasteiger partial charge is 0.507 e. The second-order valence-electron chi connectivity index (χ2n) is 6.79. The smallest absolute Gasteiger partial charge is 0.255 e. The Labute approximate surface area is 136 Å². The molecule has 0 radical (unpaired) electrons. The van der Waals surface area contributed by atoms with E-state index in [4.69, 9.17) is 0 Å². The van der Waals surface area contributed by atoms with E-state index in [-0.39, 0.29) is 23.5 Å². The summed E-state index contributed by atoms with van der Waals surface area (Å²) >= 11 is 0. The minimum absolute atomic E-state index is 0.0109. The molecule has 0 bridgehead atoms. The Morgan fingerprint density at radius 3 is 2.83 bits per heavy atom. The number of phenols is 1. The lowest BCUT2D eigenvalue weighted by Crippen LogP contribution is -2.36. The van der Waals surface area contributed by atoms with Crippen LogP contribution < -0.4 is 5.32 Å². The van der Waals surface area contributed by atoms with Crippen molar-refractivity contribution in [3.63, 3.8) is 0 Å². The van der Waals surface area contributed by atoms with Gasteiger partial charge in [0.1, 0.15) is 5.75 Å². The lowest BCUT2D eigenvalue weighted by atomic mass is 10.1. The summed E-state index contributed by atoms with van der Waals surface area (Å²) in [6.45, 7) is 3.09. The Morgan fingerprint density at radius 1 is 1.35 bits per heavy atom. The molecular formula is C18H24N2O3. The van der Waals surface area contributed by atoms with E-state index in [1.165, 1.54) is 18.9 Å². The molecule has 1 atom stereocenters. The van der Waals surface area contributed by atoms with Crippen molar-refractivity contribution in [2.24, 2.45) is 5.92 Å². The average molecular weight is 316 g/mol. The summed E-state index contributed by atoms with van der Waals surface area (Å²) in [6.07, 6.45) is 5.16. The minimum atomic E-state index is -0.280. The van der Waals surface area contributed by atoms with Gasteiger partial charge in [-0.1, -0.05) is 24.5 Å². The van der Waals surface area contributed by atoms with Gasteiger partial charge in [-0.25, -0.2) is 0 Å². The summed E-state index contributed by atoms with van der Waals surface area (Å²) in [4.78, 5) is 26.4. The maximum atomic E-state index is 12.2. The van der Waals surface area contributed by atoms with Crippen LogP contribution in [0.3, 0.4) is 0 Å². The minimum Gasteiger partial charge on any atom is -0.507 e. The zero-order valence-electron chi connectivity index (χ0n) is 13.5. The van der Waals surface area contributed by atoms with Crippen LogP contribution in [0.4, 0.5) is 0 Å². The summed E-state index contributed by atoms with van der Waals surface area (Å²) in [5.74, 6) is 0.0923. The van der Waals surface area contributed by atoms with Crippen molar-refractivity contribution in [1.82, 2.24) is 10.2 Å². The number of benzene rings is 1. The molecule has 124 valence electrons. The number of likely N-dealkylation sites (tertiary alicyclic amines) is 1. The molecule has 2 N–H and O–H groups in total. The molecule has 1 heterocycles. The van der Waals surface area contributed by atoms with Crippen LogP contribution in [0.15, 0.2) is 18.2 Å². The van der Waals surface area contributed by atoms with Crippen LogP contribution in [0.5, 0.6) is 5.75 Å². The molecule has 1 aliphatic carbocycles. The van der Waals surface area contributed by atoms with E-state index in [1.807, 2.05) is 11.8 Å². The molecule has 1 saturated carbocycles. The van der Waals surface area contributed by atoms with Crippen LogP contribution in [-0.2, 0) is 4.79 Å². The van der Waals surface area contributed by atoms with Crippen molar-refractivity contribution < 1.29 is 14.7 Å². The van der Waals surface area contributed by atoms with Gasteiger partial charge in [0, 0.05) is 31.5 Å². The highest BCUT2D eigenvalue weighted by molar-refractivity contribution is 5.97. The van der Waals surface area contributed by atoms with E-state index in [2.05, 4.69) is 5.32 Å². The number of rotatable bonds is 4. The summed E-state index contributed by atoms with van der Waals surface area (Å²) < 4.78 is 0. The standard InChI is InChI=1S/C18H24N2O3/c1-12-6-7-16(21)15(8-12)18(23)19-10-13-9-17(22)20(11-13)14-4-2-3-5-14/h6-8,13-14,21H,2-5,9-11H2,1H3,(H,19,23)/t13-/m0/s1. The van der Waals surface area contributed by atoms with Gasteiger partial charge in [0.2, 0.25) is 5.91 Å². The predicted molar refractivity (Wildman–Crippen MR) is 87.3 cm³/mol. The van der Waals surface area contributed by atoms with Gasteiger partial charge in [0.25, 0.3) is 5.91 Å². The molecule has 2 aliphatic rings. The van der Waals surface area contributed by atoms with E-state index in [0.717, 1.165) is 24.9 Å². The normalized spacial score (nSPS) is 21.9. The highest BCUT2D eigenvalue weighted by Crippen LogP contribution is 2.29. The quantitative estimate of drug-likeness (QED) is 0.895. The van der Waals surface area contributed by atoms with Crippen molar-refractivity contribution in [1.29, 1.82) is 0 Å². The Balaban J connectivity index is 1.55. The number of hydrogen-bond acceptors (Lipinski definition) is 3. The van der Waals surface area contributed by atoms with Crippen LogP contribution in [0, 0.1) is 12.8 Å². The Hall–Kier alpha value is -2.04. The number of aryl methyl sites for hydroxylation is 1. The lowest BCUT2D eigenvalue weighted by Gasteiger charge is -2.24. The molecule has 1 aliphatic heterocycles. The molecule has 0 aromatic heterocycles. The Morgan fingerprint density at radius 2 is 2.09 bits per heavy atom. The Kier molecular flexibility index (Phi) is 4.55. The number of carbonyl (C=O) groups is 2. The molecule has 5 nitrogen and oxygen atoms in total. The molecule has 1 aromatic rings. The third-order valence-electron chi connectivity index (χ3n) is 4.95. The summed E-state index contributed by atoms with van der Waals surface area (Å²) in [7, 11) is 0. The zero-order chi connectivity index (χ0) is 16.4. The highest BCUT2D eigenvalue weighted by Gasteiger charge is 2.35. The van der Waals surface area contributed by atoms with Crippen molar-refractivity contribution in [3.8, 4) is 5.75 Å². The number of phenolic OH excluding ortho intramolecular Hbond substituents is 1. The van der Waals surface area contributed by atoms with Crippen molar-refractivity contribution >= 4 is 11.8 Å². The molecule has 0 unspecified atom stereocenters. The van der Waals surface area contributed by atoms with Gasteiger partial charge in [0.15, 0.2) is 0 Å². The predicted octanol–water partition coefficient (Wildman–Crippen LogP) is 2.22. The molecule has 3 rings (SSSR count). The molecular weight excluding hydrogens is 292 g/mol. The summed E-state index contributed by atoms with van der Waals surface area (Å²) in [5, 5.41) is 12.7. The number of aromatic hydroxyl groups is 1. The number of amides is 2. The summed E-state index contributed by atoms with van der Waals surface area (Å²) in [5.41, 5.74) is 1.22. The van der Waals surface area contributed by atoms with Gasteiger partial charge in [-0.3, -0.25) is 9.59 Å². The number of carbonyl (C=O) groups excluding carboxylic acids is 2. The molecule has 1 saturated heterocycles. The summed E-state index contributed by atoms with van der Waals surface area (Å²) in [6, 6.07) is 5.38. The number of hydrogen-bond donors (Lipinski definition) is 2. The van der Waals surface area contributed by atoms with Crippen LogP contribution >= 0.6 is 0 Å². The fraction of sp³-hybridized carbons (Fsp3) is 0.556. The third-order valence-corrected chi connectivity index (χ3v) is 4.95. The first-order valence-corrected chi connectivity index (χ1v) is 8.42. The van der Waals surface area contributed by atoms with Crippen molar-refractivity contribution in [3.05, 3.63) is 29.3 Å². The van der Waals surface area contributed by atoms with Gasteiger partial charge in [0.05, 0.1) is 5.56 Å². The average Bonchev–Trinajstić information content (AvgIpc) is 3.16. The maximum absolute atomic E-state index is 12.2. The first kappa shape index (κ1) is 15.8. The van der Waals surface area contributed by atoms with Crippen LogP contribution in [0.2, 0.25) is 0 Å². The molecule has 1 aromatic carbocycles. The second-order valence-corrected chi connectivity index (χ2v) is 6.79. The van der Waals surface area contributed by atoms with Gasteiger partial charge in [-0.05, 0) is 31.9 Å². The van der Waals surface area contributed by atoms with E-state index in [9.17, 15) is 14.7 Å². The second kappa shape index (κ2) is 6.60. The van der Waals surface area contributed by atoms with Crippen LogP contribution in [0.1, 0.15) is 48.0 Å². The van der Waals surface area contributed by atoms with Crippen molar-refractivity contribution in [2.45, 2.75) is 45.1 Å². The fourth-order valence-corrected chi connectivity index (χ4v) is 3.68. The number of nitrogens with one attached hydrogen (secondary N) is 1.